The van der Waals surface area contributed by atoms with Crippen molar-refractivity contribution in [2.45, 2.75) is 36.2 Å². The van der Waals surface area contributed by atoms with Gasteiger partial charge in [0, 0.05) is 5.75 Å². The molecule has 2 atom stereocenters. The number of imidazole rings is 1. The summed E-state index contributed by atoms with van der Waals surface area (Å²) in [6.07, 6.45) is 3.88. The smallest absolute Gasteiger partial charge is 0.322 e. The number of aromatic nitrogens is 2. The minimum Gasteiger partial charge on any atom is -0.480 e. The molecule has 1 aliphatic heterocycles. The molecule has 0 spiro atoms. The van der Waals surface area contributed by atoms with Crippen LogP contribution in [-0.4, -0.2) is 50.9 Å². The summed E-state index contributed by atoms with van der Waals surface area (Å²) in [5, 5.41) is 8.78. The summed E-state index contributed by atoms with van der Waals surface area (Å²) < 4.78 is 26.0. The summed E-state index contributed by atoms with van der Waals surface area (Å²) in [6.45, 7) is 1.94. The van der Waals surface area contributed by atoms with Crippen LogP contribution in [0.2, 0.25) is 0 Å². The Hall–Kier alpha value is -1.06. The van der Waals surface area contributed by atoms with Gasteiger partial charge in [-0.05, 0) is 6.42 Å². The number of aromatic amines is 1. The van der Waals surface area contributed by atoms with E-state index in [1.54, 1.807) is 0 Å². The Labute approximate surface area is 115 Å². The maximum Gasteiger partial charge on any atom is 0.322 e. The Morgan fingerprint density at radius 2 is 2.42 bits per heavy atom. The molecule has 2 rings (SSSR count). The molecule has 9 heteroatoms. The van der Waals surface area contributed by atoms with Crippen molar-refractivity contribution in [3.05, 3.63) is 12.5 Å². The lowest BCUT2D eigenvalue weighted by molar-refractivity contribution is -0.140. The molecule has 0 amide bonds. The quantitative estimate of drug-likeness (QED) is 0.831. The molecule has 0 bridgehead atoms. The molecule has 2 N–H and O–H groups in total. The zero-order valence-corrected chi connectivity index (χ0v) is 11.9. The molecule has 1 aliphatic rings. The molecular formula is C10H15N3O4S2. The first-order valence-corrected chi connectivity index (χ1v) is 8.33. The zero-order chi connectivity index (χ0) is 14.0. The van der Waals surface area contributed by atoms with Gasteiger partial charge in [-0.15, -0.1) is 11.8 Å². The van der Waals surface area contributed by atoms with Gasteiger partial charge in [-0.3, -0.25) is 4.79 Å². The molecule has 0 aliphatic carbocycles. The first-order valence-electron chi connectivity index (χ1n) is 5.84. The maximum absolute atomic E-state index is 12.5. The summed E-state index contributed by atoms with van der Waals surface area (Å²) in [5.41, 5.74) is 0. The van der Waals surface area contributed by atoms with E-state index in [0.29, 0.717) is 6.42 Å². The zero-order valence-electron chi connectivity index (χ0n) is 10.3. The second-order valence-electron chi connectivity index (χ2n) is 4.18. The Morgan fingerprint density at radius 3 is 2.95 bits per heavy atom. The van der Waals surface area contributed by atoms with Gasteiger partial charge in [0.1, 0.15) is 6.04 Å². The summed E-state index contributed by atoms with van der Waals surface area (Å²) in [6, 6.07) is -1.02. The summed E-state index contributed by atoms with van der Waals surface area (Å²) in [4.78, 5) is 17.5. The third-order valence-corrected chi connectivity index (χ3v) is 6.22. The molecule has 1 saturated heterocycles. The third-order valence-electron chi connectivity index (χ3n) is 2.89. The average Bonchev–Trinajstić information content (AvgIpc) is 2.98. The number of rotatable bonds is 5. The van der Waals surface area contributed by atoms with Gasteiger partial charge >= 0.3 is 5.97 Å². The SMILES string of the molecule is CCCC1SCC(C(=O)O)N1S(=O)(=O)c1cnc[nH]1. The molecule has 1 fully saturated rings. The molecule has 0 radical (unpaired) electrons. The highest BCUT2D eigenvalue weighted by atomic mass is 32.2. The first kappa shape index (κ1) is 14.4. The molecule has 2 unspecified atom stereocenters. The standard InChI is InChI=1S/C10H15N3O4S2/c1-2-3-9-13(7(5-18-9)10(14)15)19(16,17)8-4-11-6-12-8/h4,6-7,9H,2-3,5H2,1H3,(H,11,12)(H,14,15). The van der Waals surface area contributed by atoms with Crippen LogP contribution in [-0.2, 0) is 14.8 Å². The van der Waals surface area contributed by atoms with Crippen molar-refractivity contribution in [2.24, 2.45) is 0 Å². The molecule has 1 aromatic rings. The van der Waals surface area contributed by atoms with Gasteiger partial charge in [-0.1, -0.05) is 13.3 Å². The van der Waals surface area contributed by atoms with E-state index in [0.717, 1.165) is 10.7 Å². The van der Waals surface area contributed by atoms with Gasteiger partial charge in [-0.25, -0.2) is 13.4 Å². The van der Waals surface area contributed by atoms with Crippen molar-refractivity contribution in [1.29, 1.82) is 0 Å². The molecule has 0 saturated carbocycles. The predicted octanol–water partition coefficient (Wildman–Crippen LogP) is 0.727. The largest absolute Gasteiger partial charge is 0.480 e. The number of aliphatic carboxylic acids is 1. The minimum atomic E-state index is -3.85. The fraction of sp³-hybridized carbons (Fsp3) is 0.600. The molecule has 19 heavy (non-hydrogen) atoms. The van der Waals surface area contributed by atoms with Gasteiger partial charge in [0.25, 0.3) is 10.0 Å². The minimum absolute atomic E-state index is 0.0673. The van der Waals surface area contributed by atoms with Crippen LogP contribution in [0.25, 0.3) is 0 Å². The van der Waals surface area contributed by atoms with Gasteiger partial charge in [-0.2, -0.15) is 4.31 Å². The number of thioether (sulfide) groups is 1. The average molecular weight is 305 g/mol. The Balaban J connectivity index is 2.39. The predicted molar refractivity (Wildman–Crippen MR) is 70.2 cm³/mol. The lowest BCUT2D eigenvalue weighted by Crippen LogP contribution is -2.45. The van der Waals surface area contributed by atoms with E-state index in [9.17, 15) is 18.3 Å². The fourth-order valence-corrected chi connectivity index (χ4v) is 5.57. The van der Waals surface area contributed by atoms with Crippen molar-refractivity contribution in [3.63, 3.8) is 0 Å². The highest BCUT2D eigenvalue weighted by molar-refractivity contribution is 8.01. The molecule has 2 heterocycles. The van der Waals surface area contributed by atoms with E-state index >= 15 is 0 Å². The van der Waals surface area contributed by atoms with Gasteiger partial charge < -0.3 is 10.1 Å². The van der Waals surface area contributed by atoms with Crippen LogP contribution in [0.1, 0.15) is 19.8 Å². The van der Waals surface area contributed by atoms with E-state index in [1.807, 2.05) is 6.92 Å². The number of hydrogen-bond donors (Lipinski definition) is 2. The van der Waals surface area contributed by atoms with Crippen molar-refractivity contribution in [3.8, 4) is 0 Å². The lowest BCUT2D eigenvalue weighted by atomic mass is 10.3. The van der Waals surface area contributed by atoms with Crippen LogP contribution in [0.15, 0.2) is 17.6 Å². The molecule has 7 nitrogen and oxygen atoms in total. The van der Waals surface area contributed by atoms with Crippen LogP contribution in [0.3, 0.4) is 0 Å². The maximum atomic E-state index is 12.5. The van der Waals surface area contributed by atoms with Crippen molar-refractivity contribution < 1.29 is 18.3 Å². The third kappa shape index (κ3) is 2.63. The number of H-pyrrole nitrogens is 1. The number of carbonyl (C=O) groups is 1. The fourth-order valence-electron chi connectivity index (χ4n) is 2.01. The van der Waals surface area contributed by atoms with E-state index in [-0.39, 0.29) is 16.2 Å². The van der Waals surface area contributed by atoms with Gasteiger partial charge in [0.2, 0.25) is 0 Å². The number of nitrogens with one attached hydrogen (secondary N) is 1. The van der Waals surface area contributed by atoms with Crippen LogP contribution in [0, 0.1) is 0 Å². The normalized spacial score (nSPS) is 24.7. The molecule has 1 aromatic heterocycles. The van der Waals surface area contributed by atoms with Crippen LogP contribution >= 0.6 is 11.8 Å². The molecular weight excluding hydrogens is 290 g/mol. The van der Waals surface area contributed by atoms with Crippen LogP contribution < -0.4 is 0 Å². The van der Waals surface area contributed by atoms with Gasteiger partial charge in [0.05, 0.1) is 17.9 Å². The number of carboxylic acid groups (broad SMARTS) is 1. The second kappa shape index (κ2) is 5.51. The number of sulfonamides is 1. The summed E-state index contributed by atoms with van der Waals surface area (Å²) >= 11 is 1.37. The lowest BCUT2D eigenvalue weighted by Gasteiger charge is -2.25. The van der Waals surface area contributed by atoms with Gasteiger partial charge in [0.15, 0.2) is 5.03 Å². The molecule has 106 valence electrons. The van der Waals surface area contributed by atoms with Crippen LogP contribution in [0.4, 0.5) is 0 Å². The van der Waals surface area contributed by atoms with E-state index in [1.165, 1.54) is 24.3 Å². The Bertz CT molecular complexity index is 543. The van der Waals surface area contributed by atoms with Crippen molar-refractivity contribution in [1.82, 2.24) is 14.3 Å². The van der Waals surface area contributed by atoms with E-state index in [4.69, 9.17) is 0 Å². The monoisotopic (exact) mass is 305 g/mol. The van der Waals surface area contributed by atoms with E-state index < -0.39 is 22.0 Å². The highest BCUT2D eigenvalue weighted by Crippen LogP contribution is 2.36. The number of nitrogens with zero attached hydrogens (tertiary/aromatic N) is 2. The van der Waals surface area contributed by atoms with E-state index in [2.05, 4.69) is 9.97 Å². The Morgan fingerprint density at radius 1 is 1.68 bits per heavy atom. The topological polar surface area (TPSA) is 103 Å². The highest BCUT2D eigenvalue weighted by Gasteiger charge is 2.46. The summed E-state index contributed by atoms with van der Waals surface area (Å²) in [5.74, 6) is -0.845. The number of carboxylic acids is 1. The second-order valence-corrected chi connectivity index (χ2v) is 7.20. The Kier molecular flexibility index (Phi) is 4.16. The first-order chi connectivity index (χ1) is 8.98. The van der Waals surface area contributed by atoms with Crippen molar-refractivity contribution in [2.75, 3.05) is 5.75 Å². The van der Waals surface area contributed by atoms with Crippen molar-refractivity contribution >= 4 is 27.8 Å². The summed E-state index contributed by atoms with van der Waals surface area (Å²) in [7, 11) is -3.85. The molecule has 0 aromatic carbocycles. The van der Waals surface area contributed by atoms with Crippen LogP contribution in [0.5, 0.6) is 0 Å². The number of hydrogen-bond acceptors (Lipinski definition) is 5.